The van der Waals surface area contributed by atoms with Gasteiger partial charge in [0.15, 0.2) is 0 Å². The molecule has 0 radical (unpaired) electrons. The second-order valence-electron chi connectivity index (χ2n) is 4.86. The van der Waals surface area contributed by atoms with Crippen LogP contribution in [0.4, 0.5) is 0 Å². The molecule has 0 aliphatic heterocycles. The normalized spacial score (nSPS) is 16.1. The Morgan fingerprint density at radius 1 is 1.28 bits per heavy atom. The smallest absolute Gasteiger partial charge is 0.222 e. The average Bonchev–Trinajstić information content (AvgIpc) is 2.27. The van der Waals surface area contributed by atoms with Crippen molar-refractivity contribution in [2.75, 3.05) is 0 Å². The Bertz CT molecular complexity index is 370. The summed E-state index contributed by atoms with van der Waals surface area (Å²) in [6.07, 6.45) is 8.43. The third-order valence-corrected chi connectivity index (χ3v) is 2.64. The quantitative estimate of drug-likeness (QED) is 0.780. The highest BCUT2D eigenvalue weighted by Crippen LogP contribution is 2.15. The Balaban J connectivity index is 2.66. The van der Waals surface area contributed by atoms with Crippen molar-refractivity contribution >= 4 is 11.8 Å². The van der Waals surface area contributed by atoms with E-state index >= 15 is 0 Å². The number of carbonyl (C=O) groups is 2. The lowest BCUT2D eigenvalue weighted by Crippen LogP contribution is -2.40. The molecule has 0 saturated carbocycles. The van der Waals surface area contributed by atoms with Gasteiger partial charge in [-0.05, 0) is 32.3 Å². The van der Waals surface area contributed by atoms with Gasteiger partial charge in [-0.3, -0.25) is 9.59 Å². The molecule has 0 aromatic rings. The number of rotatable bonds is 5. The lowest BCUT2D eigenvalue weighted by molar-refractivity contribution is -0.122. The highest BCUT2D eigenvalue weighted by atomic mass is 16.2. The summed E-state index contributed by atoms with van der Waals surface area (Å²) >= 11 is 0. The lowest BCUT2D eigenvalue weighted by atomic mass is 9.97. The molecule has 4 nitrogen and oxygen atoms in total. The molecule has 2 amide bonds. The summed E-state index contributed by atoms with van der Waals surface area (Å²) in [7, 11) is 0. The van der Waals surface area contributed by atoms with Crippen LogP contribution in [0, 0.1) is 0 Å². The molecule has 1 unspecified atom stereocenters. The molecular formula is C14H22N2O2. The van der Waals surface area contributed by atoms with Crippen LogP contribution in [0.3, 0.4) is 0 Å². The second kappa shape index (κ2) is 6.99. The van der Waals surface area contributed by atoms with Crippen LogP contribution in [-0.2, 0) is 9.59 Å². The zero-order valence-electron chi connectivity index (χ0n) is 11.3. The highest BCUT2D eigenvalue weighted by Gasteiger charge is 2.18. The summed E-state index contributed by atoms with van der Waals surface area (Å²) in [6.45, 7) is 5.32. The van der Waals surface area contributed by atoms with Gasteiger partial charge in [0.2, 0.25) is 11.8 Å². The Morgan fingerprint density at radius 3 is 2.50 bits per heavy atom. The number of hydrogen-bond donors (Lipinski definition) is 2. The van der Waals surface area contributed by atoms with Crippen LogP contribution in [-0.4, -0.2) is 23.9 Å². The number of hydrogen-bond acceptors (Lipinski definition) is 2. The van der Waals surface area contributed by atoms with Gasteiger partial charge in [0.1, 0.15) is 0 Å². The van der Waals surface area contributed by atoms with Crippen LogP contribution < -0.4 is 10.6 Å². The van der Waals surface area contributed by atoms with Crippen LogP contribution in [0.1, 0.15) is 40.0 Å². The monoisotopic (exact) mass is 250 g/mol. The number of nitrogens with one attached hydrogen (secondary N) is 2. The number of amides is 2. The van der Waals surface area contributed by atoms with Crippen LogP contribution in [0.15, 0.2) is 23.8 Å². The van der Waals surface area contributed by atoms with Gasteiger partial charge in [0.05, 0.1) is 12.5 Å². The van der Waals surface area contributed by atoms with Gasteiger partial charge in [-0.2, -0.15) is 0 Å². The molecule has 0 aromatic heterocycles. The topological polar surface area (TPSA) is 58.2 Å². The molecule has 18 heavy (non-hydrogen) atoms. The predicted octanol–water partition coefficient (Wildman–Crippen LogP) is 1.68. The number of carbonyl (C=O) groups excluding carboxylic acids is 2. The van der Waals surface area contributed by atoms with Gasteiger partial charge in [-0.1, -0.05) is 18.2 Å². The SMILES string of the molecule is CC(=O)NC(CC(=O)NC(C)C)C1=CCCC=C1. The van der Waals surface area contributed by atoms with Crippen molar-refractivity contribution in [2.45, 2.75) is 52.1 Å². The first-order chi connectivity index (χ1) is 8.49. The van der Waals surface area contributed by atoms with Crippen molar-refractivity contribution in [3.63, 3.8) is 0 Å². The molecule has 0 aromatic carbocycles. The van der Waals surface area contributed by atoms with E-state index < -0.39 is 0 Å². The number of allylic oxidation sites excluding steroid dienone is 2. The Labute approximate surface area is 109 Å². The highest BCUT2D eigenvalue weighted by molar-refractivity contribution is 5.79. The van der Waals surface area contributed by atoms with Crippen LogP contribution in [0.5, 0.6) is 0 Å². The fourth-order valence-corrected chi connectivity index (χ4v) is 1.96. The molecule has 0 spiro atoms. The molecule has 100 valence electrons. The van der Waals surface area contributed by atoms with E-state index in [1.807, 2.05) is 19.9 Å². The van der Waals surface area contributed by atoms with Crippen molar-refractivity contribution in [3.8, 4) is 0 Å². The summed E-state index contributed by atoms with van der Waals surface area (Å²) in [5.41, 5.74) is 1.02. The van der Waals surface area contributed by atoms with Gasteiger partial charge >= 0.3 is 0 Å². The predicted molar refractivity (Wildman–Crippen MR) is 72.0 cm³/mol. The minimum absolute atomic E-state index is 0.0383. The van der Waals surface area contributed by atoms with Gasteiger partial charge in [-0.15, -0.1) is 0 Å². The molecule has 0 bridgehead atoms. The Hall–Kier alpha value is -1.58. The van der Waals surface area contributed by atoms with E-state index in [1.165, 1.54) is 6.92 Å². The fraction of sp³-hybridized carbons (Fsp3) is 0.571. The summed E-state index contributed by atoms with van der Waals surface area (Å²) < 4.78 is 0. The molecule has 1 aliphatic carbocycles. The molecule has 2 N–H and O–H groups in total. The van der Waals surface area contributed by atoms with Crippen molar-refractivity contribution in [1.29, 1.82) is 0 Å². The van der Waals surface area contributed by atoms with Gasteiger partial charge in [-0.25, -0.2) is 0 Å². The minimum atomic E-state index is -0.224. The Morgan fingerprint density at radius 2 is 2.00 bits per heavy atom. The molecule has 4 heteroatoms. The third kappa shape index (κ3) is 5.17. The van der Waals surface area contributed by atoms with Gasteiger partial charge in [0, 0.05) is 13.0 Å². The minimum Gasteiger partial charge on any atom is -0.354 e. The maximum atomic E-state index is 11.8. The van der Waals surface area contributed by atoms with Gasteiger partial charge < -0.3 is 10.6 Å². The Kier molecular flexibility index (Phi) is 5.62. The zero-order valence-corrected chi connectivity index (χ0v) is 11.3. The van der Waals surface area contributed by atoms with Gasteiger partial charge in [0.25, 0.3) is 0 Å². The molecule has 1 rings (SSSR count). The lowest BCUT2D eigenvalue weighted by Gasteiger charge is -2.21. The van der Waals surface area contributed by atoms with E-state index in [1.54, 1.807) is 0 Å². The molecule has 1 aliphatic rings. The first-order valence-corrected chi connectivity index (χ1v) is 6.42. The molecule has 0 heterocycles. The van der Waals surface area contributed by atoms with Crippen LogP contribution in [0.2, 0.25) is 0 Å². The first-order valence-electron chi connectivity index (χ1n) is 6.42. The fourth-order valence-electron chi connectivity index (χ4n) is 1.96. The first kappa shape index (κ1) is 14.5. The van der Waals surface area contributed by atoms with E-state index in [2.05, 4.69) is 22.8 Å². The summed E-state index contributed by atoms with van der Waals surface area (Å²) in [5.74, 6) is -0.152. The molecular weight excluding hydrogens is 228 g/mol. The second-order valence-corrected chi connectivity index (χ2v) is 4.86. The van der Waals surface area contributed by atoms with Crippen molar-refractivity contribution in [2.24, 2.45) is 0 Å². The maximum absolute atomic E-state index is 11.8. The van der Waals surface area contributed by atoms with E-state index in [0.717, 1.165) is 18.4 Å². The molecule has 0 fully saturated rings. The zero-order chi connectivity index (χ0) is 13.5. The van der Waals surface area contributed by atoms with E-state index in [9.17, 15) is 9.59 Å². The van der Waals surface area contributed by atoms with Crippen molar-refractivity contribution < 1.29 is 9.59 Å². The molecule has 1 atom stereocenters. The van der Waals surface area contributed by atoms with E-state index in [0.29, 0.717) is 0 Å². The third-order valence-electron chi connectivity index (χ3n) is 2.64. The maximum Gasteiger partial charge on any atom is 0.222 e. The van der Waals surface area contributed by atoms with Crippen LogP contribution >= 0.6 is 0 Å². The van der Waals surface area contributed by atoms with E-state index in [4.69, 9.17) is 0 Å². The van der Waals surface area contributed by atoms with Crippen molar-refractivity contribution in [3.05, 3.63) is 23.8 Å². The van der Waals surface area contributed by atoms with Crippen LogP contribution in [0.25, 0.3) is 0 Å². The summed E-state index contributed by atoms with van der Waals surface area (Å²) in [6, 6.07) is -0.107. The summed E-state index contributed by atoms with van der Waals surface area (Å²) in [5, 5.41) is 5.68. The molecule has 0 saturated heterocycles. The summed E-state index contributed by atoms with van der Waals surface area (Å²) in [4.78, 5) is 23.0. The largest absolute Gasteiger partial charge is 0.354 e. The van der Waals surface area contributed by atoms with Crippen molar-refractivity contribution in [1.82, 2.24) is 10.6 Å². The average molecular weight is 250 g/mol. The van der Waals surface area contributed by atoms with E-state index in [-0.39, 0.29) is 30.3 Å². The standard InChI is InChI=1S/C14H22N2O2/c1-10(2)15-14(18)9-13(16-11(3)17)12-7-5-4-6-8-12/h5,7-8,10,13H,4,6,9H2,1-3H3,(H,15,18)(H,16,17).